The second-order valence-corrected chi connectivity index (χ2v) is 11.0. The molecule has 0 amide bonds. The predicted molar refractivity (Wildman–Crippen MR) is 169 cm³/mol. The molecule has 0 radical (unpaired) electrons. The fourth-order valence-electron chi connectivity index (χ4n) is 6.81. The Morgan fingerprint density at radius 2 is 1.45 bits per heavy atom. The van der Waals surface area contributed by atoms with Crippen LogP contribution in [-0.4, -0.2) is 0 Å². The van der Waals surface area contributed by atoms with E-state index in [2.05, 4.69) is 106 Å². The van der Waals surface area contributed by atoms with Gasteiger partial charge in [0.05, 0.1) is 0 Å². The van der Waals surface area contributed by atoms with Crippen molar-refractivity contribution in [2.45, 2.75) is 64.2 Å². The highest BCUT2D eigenvalue weighted by Crippen LogP contribution is 2.59. The van der Waals surface area contributed by atoms with E-state index in [0.29, 0.717) is 0 Å². The summed E-state index contributed by atoms with van der Waals surface area (Å²) in [6.45, 7) is 12.3. The summed E-state index contributed by atoms with van der Waals surface area (Å²) in [5.74, 6) is 0. The molecule has 38 heavy (non-hydrogen) atoms. The minimum absolute atomic E-state index is 0.0416. The summed E-state index contributed by atoms with van der Waals surface area (Å²) in [4.78, 5) is 0. The van der Waals surface area contributed by atoms with Crippen molar-refractivity contribution in [2.24, 2.45) is 0 Å². The molecule has 0 aliphatic heterocycles. The first-order valence-corrected chi connectivity index (χ1v) is 14.2. The second kappa shape index (κ2) is 11.4. The molecule has 0 heterocycles. The van der Waals surface area contributed by atoms with Gasteiger partial charge in [-0.15, -0.1) is 0 Å². The molecule has 5 rings (SSSR count). The van der Waals surface area contributed by atoms with Crippen molar-refractivity contribution >= 4 is 27.1 Å². The van der Waals surface area contributed by atoms with Crippen molar-refractivity contribution in [2.75, 3.05) is 0 Å². The SMILES string of the molecule is C=C/C=C/C=C/C=C1\C(=C(C)\C=C(/C)C=C)c2c(ccc3ccc4ccccc4c23)C12CCCCCCC2. The molecule has 0 unspecified atom stereocenters. The van der Waals surface area contributed by atoms with E-state index in [-0.39, 0.29) is 5.41 Å². The zero-order valence-corrected chi connectivity index (χ0v) is 23.1. The maximum absolute atomic E-state index is 4.05. The van der Waals surface area contributed by atoms with E-state index in [1.807, 2.05) is 18.2 Å². The van der Waals surface area contributed by atoms with E-state index in [9.17, 15) is 0 Å². The number of benzene rings is 3. The number of allylic oxidation sites excluding steroid dienone is 12. The van der Waals surface area contributed by atoms with Crippen LogP contribution in [-0.2, 0) is 5.41 Å². The van der Waals surface area contributed by atoms with Crippen molar-refractivity contribution in [1.29, 1.82) is 0 Å². The number of hydrogen-bond acceptors (Lipinski definition) is 0. The van der Waals surface area contributed by atoms with Crippen molar-refractivity contribution in [3.63, 3.8) is 0 Å². The average Bonchev–Trinajstić information content (AvgIpc) is 3.20. The van der Waals surface area contributed by atoms with Crippen molar-refractivity contribution < 1.29 is 0 Å². The van der Waals surface area contributed by atoms with Crippen LogP contribution < -0.4 is 0 Å². The molecule has 3 aromatic carbocycles. The van der Waals surface area contributed by atoms with Crippen LogP contribution in [0, 0.1) is 0 Å². The highest BCUT2D eigenvalue weighted by atomic mass is 14.5. The topological polar surface area (TPSA) is 0 Å². The standard InChI is InChI=1S/C38H40/c1-5-7-8-10-13-20-33-35(29(4)27-28(3)6-2)37-34(38(33)25-16-11-9-12-17-26-38)24-23-31-22-21-30-18-14-15-19-32(30)36(31)37/h5-8,10,13-15,18-24,27H,1-2,9,11-12,16-17,25-26H2,3-4H3/b8-7+,13-10+,28-27+,33-20+,35-29-. The van der Waals surface area contributed by atoms with E-state index in [1.165, 1.54) is 99.9 Å². The number of rotatable bonds is 5. The van der Waals surface area contributed by atoms with E-state index in [0.717, 1.165) is 0 Å². The van der Waals surface area contributed by atoms with Gasteiger partial charge < -0.3 is 0 Å². The number of hydrogen-bond donors (Lipinski definition) is 0. The first-order chi connectivity index (χ1) is 18.6. The second-order valence-electron chi connectivity index (χ2n) is 11.0. The molecule has 0 heteroatoms. The molecule has 0 saturated heterocycles. The Morgan fingerprint density at radius 3 is 2.21 bits per heavy atom. The van der Waals surface area contributed by atoms with Crippen LogP contribution in [0.3, 0.4) is 0 Å². The Bertz CT molecular complexity index is 1520. The molecule has 2 aliphatic carbocycles. The first-order valence-electron chi connectivity index (χ1n) is 14.2. The van der Waals surface area contributed by atoms with Gasteiger partial charge in [0, 0.05) is 5.41 Å². The molecular weight excluding hydrogens is 456 g/mol. The van der Waals surface area contributed by atoms with Gasteiger partial charge in [-0.1, -0.05) is 148 Å². The lowest BCUT2D eigenvalue weighted by Gasteiger charge is -2.34. The molecule has 0 nitrogen and oxygen atoms in total. The fraction of sp³-hybridized carbons (Fsp3) is 0.263. The molecule has 0 N–H and O–H groups in total. The Kier molecular flexibility index (Phi) is 7.79. The highest BCUT2D eigenvalue weighted by molar-refractivity contribution is 6.16. The van der Waals surface area contributed by atoms with Gasteiger partial charge in [-0.2, -0.15) is 0 Å². The minimum Gasteiger partial charge on any atom is -0.0991 e. The average molecular weight is 497 g/mol. The predicted octanol–water partition coefficient (Wildman–Crippen LogP) is 11.1. The summed E-state index contributed by atoms with van der Waals surface area (Å²) in [6, 6.07) is 18.3. The summed E-state index contributed by atoms with van der Waals surface area (Å²) in [5, 5.41) is 5.38. The molecule has 1 saturated carbocycles. The molecular formula is C38H40. The Morgan fingerprint density at radius 1 is 0.763 bits per heavy atom. The van der Waals surface area contributed by atoms with Gasteiger partial charge in [0.1, 0.15) is 0 Å². The lowest BCUT2D eigenvalue weighted by atomic mass is 9.69. The molecule has 0 aromatic heterocycles. The zero-order chi connectivity index (χ0) is 26.5. The van der Waals surface area contributed by atoms with Gasteiger partial charge >= 0.3 is 0 Å². The van der Waals surface area contributed by atoms with E-state index >= 15 is 0 Å². The van der Waals surface area contributed by atoms with Gasteiger partial charge in [0.2, 0.25) is 0 Å². The van der Waals surface area contributed by atoms with Gasteiger partial charge in [0.25, 0.3) is 0 Å². The maximum Gasteiger partial charge on any atom is 0.0215 e. The summed E-state index contributed by atoms with van der Waals surface area (Å²) >= 11 is 0. The van der Waals surface area contributed by atoms with Crippen LogP contribution >= 0.6 is 0 Å². The van der Waals surface area contributed by atoms with Crippen LogP contribution in [0.2, 0.25) is 0 Å². The molecule has 0 atom stereocenters. The smallest absolute Gasteiger partial charge is 0.0215 e. The summed E-state index contributed by atoms with van der Waals surface area (Å²) in [5.41, 5.74) is 8.45. The van der Waals surface area contributed by atoms with Crippen molar-refractivity contribution in [3.05, 3.63) is 138 Å². The fourth-order valence-corrected chi connectivity index (χ4v) is 6.81. The van der Waals surface area contributed by atoms with Crippen molar-refractivity contribution in [3.8, 4) is 0 Å². The molecule has 1 spiro atoms. The lowest BCUT2D eigenvalue weighted by Crippen LogP contribution is -2.26. The normalized spacial score (nSPS) is 20.4. The van der Waals surface area contributed by atoms with Gasteiger partial charge in [0.15, 0.2) is 0 Å². The van der Waals surface area contributed by atoms with Crippen LogP contribution in [0.4, 0.5) is 0 Å². The lowest BCUT2D eigenvalue weighted by molar-refractivity contribution is 0.373. The highest BCUT2D eigenvalue weighted by Gasteiger charge is 2.46. The van der Waals surface area contributed by atoms with Gasteiger partial charge in [-0.05, 0) is 76.1 Å². The summed E-state index contributed by atoms with van der Waals surface area (Å²) < 4.78 is 0. The van der Waals surface area contributed by atoms with Crippen LogP contribution in [0.5, 0.6) is 0 Å². The Labute approximate surface area is 229 Å². The van der Waals surface area contributed by atoms with E-state index in [4.69, 9.17) is 0 Å². The molecule has 1 fully saturated rings. The molecule has 2 aliphatic rings. The summed E-state index contributed by atoms with van der Waals surface area (Å²) in [6.07, 6.45) is 25.9. The first kappa shape index (κ1) is 26.0. The zero-order valence-electron chi connectivity index (χ0n) is 23.1. The number of fused-ring (bicyclic) bond motifs is 6. The molecule has 0 bridgehead atoms. The van der Waals surface area contributed by atoms with Gasteiger partial charge in [-0.3, -0.25) is 0 Å². The third-order valence-electron chi connectivity index (χ3n) is 8.56. The summed E-state index contributed by atoms with van der Waals surface area (Å²) in [7, 11) is 0. The Balaban J connectivity index is 1.91. The third kappa shape index (κ3) is 4.69. The Hall–Kier alpha value is -3.64. The minimum atomic E-state index is 0.0416. The van der Waals surface area contributed by atoms with Crippen LogP contribution in [0.25, 0.3) is 27.1 Å². The van der Waals surface area contributed by atoms with Gasteiger partial charge in [-0.25, -0.2) is 0 Å². The largest absolute Gasteiger partial charge is 0.0991 e. The molecule has 3 aromatic rings. The van der Waals surface area contributed by atoms with E-state index in [1.54, 1.807) is 0 Å². The third-order valence-corrected chi connectivity index (χ3v) is 8.56. The monoisotopic (exact) mass is 496 g/mol. The quantitative estimate of drug-likeness (QED) is 0.243. The van der Waals surface area contributed by atoms with Crippen LogP contribution in [0.1, 0.15) is 69.9 Å². The van der Waals surface area contributed by atoms with Crippen molar-refractivity contribution in [1.82, 2.24) is 0 Å². The maximum atomic E-state index is 4.05. The van der Waals surface area contributed by atoms with E-state index < -0.39 is 0 Å². The molecule has 192 valence electrons. The van der Waals surface area contributed by atoms with Crippen LogP contribution in [0.15, 0.2) is 127 Å².